The lowest BCUT2D eigenvalue weighted by atomic mass is 10.1. The van der Waals surface area contributed by atoms with Gasteiger partial charge in [0.25, 0.3) is 5.91 Å². The van der Waals surface area contributed by atoms with E-state index in [1.165, 1.54) is 6.08 Å². The number of nitriles is 1. The highest BCUT2D eigenvalue weighted by atomic mass is 16.3. The van der Waals surface area contributed by atoms with E-state index >= 15 is 0 Å². The van der Waals surface area contributed by atoms with Crippen molar-refractivity contribution in [3.63, 3.8) is 0 Å². The van der Waals surface area contributed by atoms with Crippen LogP contribution >= 0.6 is 0 Å². The molecule has 2 aromatic rings. The molecule has 106 valence electrons. The molecule has 0 radical (unpaired) electrons. The summed E-state index contributed by atoms with van der Waals surface area (Å²) in [6.45, 7) is 4.19. The van der Waals surface area contributed by atoms with Gasteiger partial charge in [0.15, 0.2) is 0 Å². The molecule has 4 heteroatoms. The molecule has 0 unspecified atom stereocenters. The third-order valence-corrected chi connectivity index (χ3v) is 2.99. The van der Waals surface area contributed by atoms with Gasteiger partial charge in [0.2, 0.25) is 0 Å². The van der Waals surface area contributed by atoms with Gasteiger partial charge in [0, 0.05) is 12.6 Å². The Kier molecular flexibility index (Phi) is 4.57. The van der Waals surface area contributed by atoms with Crippen molar-refractivity contribution in [2.24, 2.45) is 0 Å². The SMILES string of the molecule is Cc1ccc(CNC(=O)C(C#N)=Cc2ccc(C)o2)cc1. The molecule has 0 fully saturated rings. The minimum Gasteiger partial charge on any atom is -0.462 e. The van der Waals surface area contributed by atoms with Crippen LogP contribution in [-0.4, -0.2) is 5.91 Å². The zero-order chi connectivity index (χ0) is 15.2. The van der Waals surface area contributed by atoms with Gasteiger partial charge in [0.05, 0.1) is 0 Å². The standard InChI is InChI=1S/C17H16N2O2/c1-12-3-6-14(7-4-12)11-19-17(20)15(10-18)9-16-8-5-13(2)21-16/h3-9H,11H2,1-2H3,(H,19,20). The van der Waals surface area contributed by atoms with Crippen molar-refractivity contribution in [3.8, 4) is 6.07 Å². The number of furan rings is 1. The van der Waals surface area contributed by atoms with Crippen molar-refractivity contribution in [2.75, 3.05) is 0 Å². The fourth-order valence-corrected chi connectivity index (χ4v) is 1.81. The second-order valence-electron chi connectivity index (χ2n) is 4.79. The van der Waals surface area contributed by atoms with Crippen molar-refractivity contribution in [2.45, 2.75) is 20.4 Å². The number of aryl methyl sites for hydroxylation is 2. The lowest BCUT2D eigenvalue weighted by Gasteiger charge is -2.04. The van der Waals surface area contributed by atoms with Crippen LogP contribution in [0.1, 0.15) is 22.6 Å². The van der Waals surface area contributed by atoms with Crippen molar-refractivity contribution >= 4 is 12.0 Å². The van der Waals surface area contributed by atoms with E-state index in [4.69, 9.17) is 9.68 Å². The van der Waals surface area contributed by atoms with Crippen LogP contribution in [0.25, 0.3) is 6.08 Å². The first kappa shape index (κ1) is 14.6. The quantitative estimate of drug-likeness (QED) is 0.691. The molecule has 0 spiro atoms. The molecule has 0 aliphatic rings. The highest BCUT2D eigenvalue weighted by molar-refractivity contribution is 6.01. The van der Waals surface area contributed by atoms with Crippen LogP contribution in [0.5, 0.6) is 0 Å². The van der Waals surface area contributed by atoms with Crippen LogP contribution in [-0.2, 0) is 11.3 Å². The monoisotopic (exact) mass is 280 g/mol. The summed E-state index contributed by atoms with van der Waals surface area (Å²) in [5.74, 6) is 0.820. The molecule has 0 aliphatic heterocycles. The molecule has 0 aliphatic carbocycles. The molecular weight excluding hydrogens is 264 g/mol. The average Bonchev–Trinajstić information content (AvgIpc) is 2.89. The number of amides is 1. The first-order chi connectivity index (χ1) is 10.1. The second kappa shape index (κ2) is 6.58. The van der Waals surface area contributed by atoms with Crippen LogP contribution in [0.15, 0.2) is 46.4 Å². The average molecular weight is 280 g/mol. The molecule has 0 saturated carbocycles. The Morgan fingerprint density at radius 2 is 1.95 bits per heavy atom. The number of benzene rings is 1. The van der Waals surface area contributed by atoms with E-state index < -0.39 is 5.91 Å². The third-order valence-electron chi connectivity index (χ3n) is 2.99. The van der Waals surface area contributed by atoms with Crippen LogP contribution in [0.2, 0.25) is 0 Å². The fourth-order valence-electron chi connectivity index (χ4n) is 1.81. The summed E-state index contributed by atoms with van der Waals surface area (Å²) in [5.41, 5.74) is 2.17. The zero-order valence-electron chi connectivity index (χ0n) is 12.0. The highest BCUT2D eigenvalue weighted by Crippen LogP contribution is 2.11. The molecule has 4 nitrogen and oxygen atoms in total. The molecule has 2 rings (SSSR count). The van der Waals surface area contributed by atoms with Crippen LogP contribution in [0, 0.1) is 25.2 Å². The minimum absolute atomic E-state index is 0.0245. The zero-order valence-corrected chi connectivity index (χ0v) is 12.0. The minimum atomic E-state index is -0.410. The van der Waals surface area contributed by atoms with Crippen molar-refractivity contribution in [3.05, 3.63) is 64.6 Å². The summed E-state index contributed by atoms with van der Waals surface area (Å²) in [6, 6.07) is 13.3. The Morgan fingerprint density at radius 3 is 2.52 bits per heavy atom. The van der Waals surface area contributed by atoms with Crippen LogP contribution < -0.4 is 5.32 Å². The number of nitrogens with one attached hydrogen (secondary N) is 1. The first-order valence-electron chi connectivity index (χ1n) is 6.60. The van der Waals surface area contributed by atoms with E-state index in [0.29, 0.717) is 12.3 Å². The number of carbonyl (C=O) groups excluding carboxylic acids is 1. The Balaban J connectivity index is 2.02. The topological polar surface area (TPSA) is 66.0 Å². The van der Waals surface area contributed by atoms with Gasteiger partial charge in [-0.25, -0.2) is 0 Å². The van der Waals surface area contributed by atoms with Crippen molar-refractivity contribution in [1.82, 2.24) is 5.32 Å². The summed E-state index contributed by atoms with van der Waals surface area (Å²) in [6.07, 6.45) is 1.44. The summed E-state index contributed by atoms with van der Waals surface area (Å²) in [4.78, 5) is 12.0. The van der Waals surface area contributed by atoms with Gasteiger partial charge in [-0.1, -0.05) is 29.8 Å². The molecule has 1 aromatic heterocycles. The molecule has 0 saturated heterocycles. The van der Waals surface area contributed by atoms with Gasteiger partial charge >= 0.3 is 0 Å². The summed E-state index contributed by atoms with van der Waals surface area (Å²) in [5, 5.41) is 11.8. The molecule has 0 atom stereocenters. The lowest BCUT2D eigenvalue weighted by Crippen LogP contribution is -2.23. The van der Waals surface area contributed by atoms with Gasteiger partial charge in [0.1, 0.15) is 23.2 Å². The summed E-state index contributed by atoms with van der Waals surface area (Å²) >= 11 is 0. The number of carbonyl (C=O) groups is 1. The molecule has 0 bridgehead atoms. The smallest absolute Gasteiger partial charge is 0.262 e. The van der Waals surface area contributed by atoms with Gasteiger partial charge in [-0.05, 0) is 31.5 Å². The predicted octanol–water partition coefficient (Wildman–Crippen LogP) is 3.12. The van der Waals surface area contributed by atoms with E-state index in [1.54, 1.807) is 19.1 Å². The first-order valence-corrected chi connectivity index (χ1v) is 6.60. The maximum Gasteiger partial charge on any atom is 0.262 e. The maximum atomic E-state index is 12.0. The van der Waals surface area contributed by atoms with Crippen molar-refractivity contribution < 1.29 is 9.21 Å². The molecule has 1 amide bonds. The number of nitrogens with zero attached hydrogens (tertiary/aromatic N) is 1. The second-order valence-corrected chi connectivity index (χ2v) is 4.79. The molecule has 21 heavy (non-hydrogen) atoms. The maximum absolute atomic E-state index is 12.0. The highest BCUT2D eigenvalue weighted by Gasteiger charge is 2.09. The number of rotatable bonds is 4. The van der Waals surface area contributed by atoms with E-state index in [1.807, 2.05) is 37.3 Å². The normalized spacial score (nSPS) is 11.0. The van der Waals surface area contributed by atoms with E-state index in [0.717, 1.165) is 16.9 Å². The van der Waals surface area contributed by atoms with Crippen LogP contribution in [0.3, 0.4) is 0 Å². The molecular formula is C17H16N2O2. The van der Waals surface area contributed by atoms with Gasteiger partial charge in [-0.15, -0.1) is 0 Å². The van der Waals surface area contributed by atoms with E-state index in [9.17, 15) is 4.79 Å². The largest absolute Gasteiger partial charge is 0.462 e. The predicted molar refractivity (Wildman–Crippen MR) is 80.1 cm³/mol. The van der Waals surface area contributed by atoms with Gasteiger partial charge < -0.3 is 9.73 Å². The van der Waals surface area contributed by atoms with E-state index in [2.05, 4.69) is 5.32 Å². The fraction of sp³-hybridized carbons (Fsp3) is 0.176. The number of hydrogen-bond acceptors (Lipinski definition) is 3. The van der Waals surface area contributed by atoms with Crippen molar-refractivity contribution in [1.29, 1.82) is 5.26 Å². The number of hydrogen-bond donors (Lipinski definition) is 1. The molecule has 1 heterocycles. The lowest BCUT2D eigenvalue weighted by molar-refractivity contribution is -0.117. The Labute approximate surface area is 123 Å². The third kappa shape index (κ3) is 4.08. The molecule has 1 N–H and O–H groups in total. The Hall–Kier alpha value is -2.80. The Morgan fingerprint density at radius 1 is 1.24 bits per heavy atom. The van der Waals surface area contributed by atoms with Crippen LogP contribution in [0.4, 0.5) is 0 Å². The van der Waals surface area contributed by atoms with E-state index in [-0.39, 0.29) is 5.57 Å². The van der Waals surface area contributed by atoms with Gasteiger partial charge in [-0.2, -0.15) is 5.26 Å². The Bertz CT molecular complexity index is 703. The summed E-state index contributed by atoms with van der Waals surface area (Å²) < 4.78 is 5.33. The summed E-state index contributed by atoms with van der Waals surface area (Å²) in [7, 11) is 0. The van der Waals surface area contributed by atoms with Gasteiger partial charge in [-0.3, -0.25) is 4.79 Å². The molecule has 1 aromatic carbocycles.